The molecular formula is C24H43NO. The second-order valence-electron chi connectivity index (χ2n) is 8.84. The number of Topliss-reactive ketones (excluding diaryl/α,β-unsaturated/α-hetero) is 1. The van der Waals surface area contributed by atoms with Gasteiger partial charge >= 0.3 is 0 Å². The van der Waals surface area contributed by atoms with E-state index in [1.807, 2.05) is 0 Å². The van der Waals surface area contributed by atoms with Gasteiger partial charge < -0.3 is 5.73 Å². The first kappa shape index (κ1) is 21.5. The zero-order valence-electron chi connectivity index (χ0n) is 17.2. The average molecular weight is 362 g/mol. The van der Waals surface area contributed by atoms with Crippen molar-refractivity contribution < 1.29 is 4.79 Å². The largest absolute Gasteiger partial charge is 0.404 e. The highest BCUT2D eigenvalue weighted by atomic mass is 16.1. The predicted octanol–water partition coefficient (Wildman–Crippen LogP) is 7.07. The molecule has 26 heavy (non-hydrogen) atoms. The van der Waals surface area contributed by atoms with Crippen molar-refractivity contribution in [2.24, 2.45) is 17.6 Å². The van der Waals surface area contributed by atoms with Crippen LogP contribution in [0.1, 0.15) is 122 Å². The van der Waals surface area contributed by atoms with E-state index in [9.17, 15) is 4.79 Å². The lowest BCUT2D eigenvalue weighted by Crippen LogP contribution is -2.23. The summed E-state index contributed by atoms with van der Waals surface area (Å²) in [6.07, 6.45) is 26.0. The van der Waals surface area contributed by atoms with Crippen LogP contribution in [0.25, 0.3) is 0 Å². The Labute approximate surface area is 162 Å². The fraction of sp³-hybridized carbons (Fsp3) is 0.875. The normalized spacial score (nSPS) is 24.5. The van der Waals surface area contributed by atoms with Crippen molar-refractivity contribution in [3.05, 3.63) is 11.8 Å². The molecule has 2 fully saturated rings. The maximum absolute atomic E-state index is 13.4. The van der Waals surface area contributed by atoms with Crippen molar-refractivity contribution in [2.75, 3.05) is 0 Å². The molecule has 0 aromatic heterocycles. The van der Waals surface area contributed by atoms with E-state index in [1.165, 1.54) is 109 Å². The van der Waals surface area contributed by atoms with E-state index in [0.717, 1.165) is 18.4 Å². The molecule has 0 aromatic rings. The molecule has 2 heteroatoms. The summed E-state index contributed by atoms with van der Waals surface area (Å²) < 4.78 is 0. The van der Waals surface area contributed by atoms with Crippen LogP contribution in [0, 0.1) is 11.8 Å². The van der Waals surface area contributed by atoms with Gasteiger partial charge in [0.15, 0.2) is 5.78 Å². The lowest BCUT2D eigenvalue weighted by Gasteiger charge is -2.24. The minimum Gasteiger partial charge on any atom is -0.404 e. The molecule has 2 nitrogen and oxygen atoms in total. The van der Waals surface area contributed by atoms with Crippen LogP contribution in [-0.4, -0.2) is 5.78 Å². The van der Waals surface area contributed by atoms with Gasteiger partial charge in [-0.05, 0) is 31.6 Å². The van der Waals surface area contributed by atoms with E-state index in [-0.39, 0.29) is 5.92 Å². The highest BCUT2D eigenvalue weighted by Crippen LogP contribution is 2.32. The van der Waals surface area contributed by atoms with Crippen molar-refractivity contribution in [2.45, 2.75) is 122 Å². The standard InChI is InChI=1S/C24H43NO/c25-20-23(21-16-12-8-6-3-7-9-13-17-21)24(26)22-18-14-10-4-1-2-5-11-15-19-22/h20-22H,1-19,25H2/b23-20-. The number of carbonyl (C=O) groups excluding carboxylic acids is 1. The molecule has 0 amide bonds. The molecule has 150 valence electrons. The van der Waals surface area contributed by atoms with E-state index in [4.69, 9.17) is 5.73 Å². The molecule has 0 unspecified atom stereocenters. The molecule has 2 N–H and O–H groups in total. The Balaban J connectivity index is 1.98. The van der Waals surface area contributed by atoms with Crippen LogP contribution in [0.4, 0.5) is 0 Å². The number of nitrogens with two attached hydrogens (primary N) is 1. The van der Waals surface area contributed by atoms with Gasteiger partial charge in [-0.2, -0.15) is 0 Å². The van der Waals surface area contributed by atoms with E-state index in [0.29, 0.717) is 11.7 Å². The SMILES string of the molecule is N/C=C(\C(=O)C1CCCCCCCCCC1)C1CCCCCCCCC1. The molecule has 2 saturated carbocycles. The predicted molar refractivity (Wildman–Crippen MR) is 112 cm³/mol. The van der Waals surface area contributed by atoms with E-state index in [2.05, 4.69) is 0 Å². The Bertz CT molecular complexity index is 392. The summed E-state index contributed by atoms with van der Waals surface area (Å²) in [5.41, 5.74) is 7.03. The third kappa shape index (κ3) is 7.84. The van der Waals surface area contributed by atoms with Gasteiger partial charge in [0.2, 0.25) is 0 Å². The zero-order chi connectivity index (χ0) is 18.5. The van der Waals surface area contributed by atoms with Crippen molar-refractivity contribution in [1.82, 2.24) is 0 Å². The number of rotatable bonds is 3. The highest BCUT2D eigenvalue weighted by molar-refractivity contribution is 5.97. The third-order valence-corrected chi connectivity index (χ3v) is 6.74. The smallest absolute Gasteiger partial charge is 0.163 e. The van der Waals surface area contributed by atoms with Crippen LogP contribution in [0.15, 0.2) is 11.8 Å². The third-order valence-electron chi connectivity index (χ3n) is 6.74. The summed E-state index contributed by atoms with van der Waals surface area (Å²) in [5, 5.41) is 0. The molecule has 0 spiro atoms. The molecule has 0 bridgehead atoms. The molecular weight excluding hydrogens is 318 g/mol. The van der Waals surface area contributed by atoms with Crippen molar-refractivity contribution in [1.29, 1.82) is 0 Å². The molecule has 0 heterocycles. The number of hydrogen-bond donors (Lipinski definition) is 1. The molecule has 2 aliphatic carbocycles. The summed E-state index contributed by atoms with van der Waals surface area (Å²) in [4.78, 5) is 13.4. The minimum atomic E-state index is 0.235. The Hall–Kier alpha value is -0.790. The maximum atomic E-state index is 13.4. The summed E-state index contributed by atoms with van der Waals surface area (Å²) in [6.45, 7) is 0. The van der Waals surface area contributed by atoms with E-state index >= 15 is 0 Å². The van der Waals surface area contributed by atoms with Gasteiger partial charge in [0.1, 0.15) is 0 Å². The summed E-state index contributed by atoms with van der Waals surface area (Å²) in [7, 11) is 0. The number of carbonyl (C=O) groups is 1. The lowest BCUT2D eigenvalue weighted by atomic mass is 9.79. The van der Waals surface area contributed by atoms with Crippen LogP contribution in [0.5, 0.6) is 0 Å². The second kappa shape index (κ2) is 13.4. The number of ketones is 1. The molecule has 0 saturated heterocycles. The van der Waals surface area contributed by atoms with Gasteiger partial charge in [-0.15, -0.1) is 0 Å². The quantitative estimate of drug-likeness (QED) is 0.546. The first-order valence-electron chi connectivity index (χ1n) is 11.8. The Morgan fingerprint density at radius 1 is 0.538 bits per heavy atom. The Morgan fingerprint density at radius 3 is 1.19 bits per heavy atom. The van der Waals surface area contributed by atoms with Crippen LogP contribution < -0.4 is 5.73 Å². The van der Waals surface area contributed by atoms with Crippen LogP contribution in [0.3, 0.4) is 0 Å². The topological polar surface area (TPSA) is 43.1 Å². The monoisotopic (exact) mass is 361 g/mol. The molecule has 0 aromatic carbocycles. The number of allylic oxidation sites excluding steroid dienone is 1. The van der Waals surface area contributed by atoms with Crippen LogP contribution in [-0.2, 0) is 4.79 Å². The minimum absolute atomic E-state index is 0.235. The maximum Gasteiger partial charge on any atom is 0.163 e. The van der Waals surface area contributed by atoms with Crippen LogP contribution >= 0.6 is 0 Å². The Kier molecular flexibility index (Phi) is 11.1. The summed E-state index contributed by atoms with van der Waals surface area (Å²) in [5.74, 6) is 1.07. The first-order chi connectivity index (χ1) is 12.8. The van der Waals surface area contributed by atoms with Crippen LogP contribution in [0.2, 0.25) is 0 Å². The van der Waals surface area contributed by atoms with E-state index in [1.54, 1.807) is 6.20 Å². The fourth-order valence-electron chi connectivity index (χ4n) is 5.02. The summed E-state index contributed by atoms with van der Waals surface area (Å²) >= 11 is 0. The van der Waals surface area contributed by atoms with E-state index < -0.39 is 0 Å². The van der Waals surface area contributed by atoms with Gasteiger partial charge in [0, 0.05) is 17.7 Å². The zero-order valence-corrected chi connectivity index (χ0v) is 17.2. The van der Waals surface area contributed by atoms with Gasteiger partial charge in [0.05, 0.1) is 0 Å². The van der Waals surface area contributed by atoms with Crippen molar-refractivity contribution in [3.8, 4) is 0 Å². The second-order valence-corrected chi connectivity index (χ2v) is 8.84. The molecule has 0 aliphatic heterocycles. The number of hydrogen-bond acceptors (Lipinski definition) is 2. The first-order valence-corrected chi connectivity index (χ1v) is 11.8. The highest BCUT2D eigenvalue weighted by Gasteiger charge is 2.27. The van der Waals surface area contributed by atoms with Gasteiger partial charge in [-0.1, -0.05) is 96.3 Å². The fourth-order valence-corrected chi connectivity index (χ4v) is 5.02. The Morgan fingerprint density at radius 2 is 0.846 bits per heavy atom. The average Bonchev–Trinajstić information content (AvgIpc) is 2.72. The van der Waals surface area contributed by atoms with Gasteiger partial charge in [0.25, 0.3) is 0 Å². The summed E-state index contributed by atoms with van der Waals surface area (Å²) in [6, 6.07) is 0. The molecule has 0 atom stereocenters. The van der Waals surface area contributed by atoms with Gasteiger partial charge in [-0.3, -0.25) is 4.79 Å². The molecule has 0 radical (unpaired) electrons. The lowest BCUT2D eigenvalue weighted by molar-refractivity contribution is -0.120. The molecule has 2 aliphatic rings. The van der Waals surface area contributed by atoms with Gasteiger partial charge in [-0.25, -0.2) is 0 Å². The molecule has 2 rings (SSSR count). The van der Waals surface area contributed by atoms with Crippen molar-refractivity contribution in [3.63, 3.8) is 0 Å². The van der Waals surface area contributed by atoms with Crippen molar-refractivity contribution >= 4 is 5.78 Å².